The van der Waals surface area contributed by atoms with Crippen molar-refractivity contribution < 1.29 is 22.6 Å². The van der Waals surface area contributed by atoms with E-state index in [2.05, 4.69) is 9.72 Å². The second kappa shape index (κ2) is 4.56. The van der Waals surface area contributed by atoms with Gasteiger partial charge in [-0.1, -0.05) is 0 Å². The van der Waals surface area contributed by atoms with Crippen LogP contribution in [0.1, 0.15) is 11.1 Å². The molecule has 0 aliphatic rings. The van der Waals surface area contributed by atoms with Gasteiger partial charge < -0.3 is 15.2 Å². The SMILES string of the molecule is COc1c(C)cnc(OC(F)(F)F)c1CN. The largest absolute Gasteiger partial charge is 0.574 e. The maximum atomic E-state index is 12.1. The summed E-state index contributed by atoms with van der Waals surface area (Å²) >= 11 is 0. The van der Waals surface area contributed by atoms with Crippen LogP contribution in [0.4, 0.5) is 13.2 Å². The Morgan fingerprint density at radius 3 is 2.50 bits per heavy atom. The molecule has 0 aliphatic heterocycles. The van der Waals surface area contributed by atoms with Gasteiger partial charge in [0.2, 0.25) is 5.88 Å². The normalized spacial score (nSPS) is 11.4. The van der Waals surface area contributed by atoms with Gasteiger partial charge in [-0.05, 0) is 6.92 Å². The number of alkyl halides is 3. The first-order valence-corrected chi connectivity index (χ1v) is 4.37. The first kappa shape index (κ1) is 12.6. The highest BCUT2D eigenvalue weighted by Gasteiger charge is 2.33. The highest BCUT2D eigenvalue weighted by Crippen LogP contribution is 2.32. The Morgan fingerprint density at radius 2 is 2.06 bits per heavy atom. The summed E-state index contributed by atoms with van der Waals surface area (Å²) in [4.78, 5) is 3.54. The quantitative estimate of drug-likeness (QED) is 0.868. The molecule has 0 aromatic carbocycles. The summed E-state index contributed by atoms with van der Waals surface area (Å²) in [5.74, 6) is -0.311. The minimum atomic E-state index is -4.79. The summed E-state index contributed by atoms with van der Waals surface area (Å²) in [6.45, 7) is 1.51. The fourth-order valence-corrected chi connectivity index (χ4v) is 1.29. The minimum Gasteiger partial charge on any atom is -0.496 e. The number of nitrogens with two attached hydrogens (primary N) is 1. The van der Waals surface area contributed by atoms with E-state index >= 15 is 0 Å². The number of methoxy groups -OCH3 is 1. The van der Waals surface area contributed by atoms with Gasteiger partial charge in [-0.3, -0.25) is 0 Å². The molecule has 0 aliphatic carbocycles. The van der Waals surface area contributed by atoms with Crippen LogP contribution in [-0.2, 0) is 6.54 Å². The number of nitrogens with zero attached hydrogens (tertiary/aromatic N) is 1. The molecule has 0 spiro atoms. The summed E-state index contributed by atoms with van der Waals surface area (Å²) in [6, 6.07) is 0. The van der Waals surface area contributed by atoms with Crippen molar-refractivity contribution >= 4 is 0 Å². The number of pyridine rings is 1. The third-order valence-electron chi connectivity index (χ3n) is 1.89. The molecule has 16 heavy (non-hydrogen) atoms. The van der Waals surface area contributed by atoms with Crippen molar-refractivity contribution in [3.63, 3.8) is 0 Å². The van der Waals surface area contributed by atoms with Gasteiger partial charge in [-0.25, -0.2) is 4.98 Å². The Kier molecular flexibility index (Phi) is 3.58. The van der Waals surface area contributed by atoms with Crippen molar-refractivity contribution in [1.82, 2.24) is 4.98 Å². The standard InChI is InChI=1S/C9H11F3N2O2/c1-5-4-14-8(16-9(10,11)12)6(3-13)7(5)15-2/h4H,3,13H2,1-2H3. The van der Waals surface area contributed by atoms with Crippen molar-refractivity contribution in [3.8, 4) is 11.6 Å². The van der Waals surface area contributed by atoms with E-state index in [4.69, 9.17) is 10.5 Å². The van der Waals surface area contributed by atoms with E-state index in [0.29, 0.717) is 5.56 Å². The molecule has 4 nitrogen and oxygen atoms in total. The van der Waals surface area contributed by atoms with Crippen molar-refractivity contribution in [2.24, 2.45) is 5.73 Å². The molecule has 0 amide bonds. The Labute approximate surface area is 90.2 Å². The van der Waals surface area contributed by atoms with Crippen molar-refractivity contribution in [2.45, 2.75) is 19.8 Å². The van der Waals surface area contributed by atoms with Crippen LogP contribution >= 0.6 is 0 Å². The molecule has 0 unspecified atom stereocenters. The lowest BCUT2D eigenvalue weighted by molar-refractivity contribution is -0.276. The fourth-order valence-electron chi connectivity index (χ4n) is 1.29. The summed E-state index contributed by atoms with van der Waals surface area (Å²) in [6.07, 6.45) is -3.56. The van der Waals surface area contributed by atoms with Crippen LogP contribution < -0.4 is 15.2 Å². The van der Waals surface area contributed by atoms with Crippen LogP contribution in [-0.4, -0.2) is 18.5 Å². The third kappa shape index (κ3) is 2.75. The van der Waals surface area contributed by atoms with Crippen molar-refractivity contribution in [1.29, 1.82) is 0 Å². The number of rotatable bonds is 3. The second-order valence-electron chi connectivity index (χ2n) is 3.01. The number of ether oxygens (including phenoxy) is 2. The third-order valence-corrected chi connectivity index (χ3v) is 1.89. The molecular formula is C9H11F3N2O2. The van der Waals surface area contributed by atoms with Crippen LogP contribution in [0.5, 0.6) is 11.6 Å². The predicted molar refractivity (Wildman–Crippen MR) is 50.1 cm³/mol. The molecule has 90 valence electrons. The molecule has 1 aromatic heterocycles. The summed E-state index contributed by atoms with van der Waals surface area (Å²) in [5, 5.41) is 0. The van der Waals surface area contributed by atoms with E-state index in [9.17, 15) is 13.2 Å². The number of halogens is 3. The summed E-state index contributed by atoms with van der Waals surface area (Å²) in [5.41, 5.74) is 6.04. The van der Waals surface area contributed by atoms with Gasteiger partial charge in [0.15, 0.2) is 0 Å². The maximum Gasteiger partial charge on any atom is 0.574 e. The maximum absolute atomic E-state index is 12.1. The number of aryl methyl sites for hydroxylation is 1. The highest BCUT2D eigenvalue weighted by atomic mass is 19.4. The lowest BCUT2D eigenvalue weighted by atomic mass is 10.2. The van der Waals surface area contributed by atoms with Crippen molar-refractivity contribution in [3.05, 3.63) is 17.3 Å². The van der Waals surface area contributed by atoms with E-state index in [0.717, 1.165) is 0 Å². The molecule has 0 saturated carbocycles. The molecule has 0 bridgehead atoms. The van der Waals surface area contributed by atoms with E-state index in [1.165, 1.54) is 13.3 Å². The number of hydrogen-bond donors (Lipinski definition) is 1. The Bertz CT molecular complexity index is 380. The van der Waals surface area contributed by atoms with E-state index in [1.807, 2.05) is 0 Å². The number of aromatic nitrogens is 1. The lowest BCUT2D eigenvalue weighted by Crippen LogP contribution is -2.20. The Morgan fingerprint density at radius 1 is 1.44 bits per heavy atom. The van der Waals surface area contributed by atoms with Gasteiger partial charge in [0.1, 0.15) is 5.75 Å². The molecule has 0 atom stereocenters. The second-order valence-corrected chi connectivity index (χ2v) is 3.01. The van der Waals surface area contributed by atoms with Gasteiger partial charge in [-0.2, -0.15) is 0 Å². The highest BCUT2D eigenvalue weighted by molar-refractivity contribution is 5.45. The van der Waals surface area contributed by atoms with Crippen molar-refractivity contribution in [2.75, 3.05) is 7.11 Å². The fraction of sp³-hybridized carbons (Fsp3) is 0.444. The van der Waals surface area contributed by atoms with Gasteiger partial charge in [0, 0.05) is 18.3 Å². The Hall–Kier alpha value is -1.50. The van der Waals surface area contributed by atoms with Crippen LogP contribution in [0.15, 0.2) is 6.20 Å². The molecule has 0 fully saturated rings. The molecule has 1 rings (SSSR count). The van der Waals surface area contributed by atoms with Gasteiger partial charge in [0.25, 0.3) is 0 Å². The van der Waals surface area contributed by atoms with E-state index < -0.39 is 12.2 Å². The van der Waals surface area contributed by atoms with Gasteiger partial charge >= 0.3 is 6.36 Å². The molecule has 7 heteroatoms. The topological polar surface area (TPSA) is 57.4 Å². The van der Waals surface area contributed by atoms with Crippen LogP contribution in [0.25, 0.3) is 0 Å². The summed E-state index contributed by atoms with van der Waals surface area (Å²) in [7, 11) is 1.35. The van der Waals surface area contributed by atoms with E-state index in [-0.39, 0.29) is 17.9 Å². The van der Waals surface area contributed by atoms with Gasteiger partial charge in [-0.15, -0.1) is 13.2 Å². The first-order valence-electron chi connectivity index (χ1n) is 4.37. The Balaban J connectivity index is 3.19. The lowest BCUT2D eigenvalue weighted by Gasteiger charge is -2.15. The monoisotopic (exact) mass is 236 g/mol. The molecule has 1 heterocycles. The van der Waals surface area contributed by atoms with Crippen LogP contribution in [0.3, 0.4) is 0 Å². The van der Waals surface area contributed by atoms with Crippen LogP contribution in [0, 0.1) is 6.92 Å². The average molecular weight is 236 g/mol. The molecule has 0 saturated heterocycles. The molecule has 2 N–H and O–H groups in total. The first-order chi connectivity index (χ1) is 7.39. The number of hydrogen-bond acceptors (Lipinski definition) is 4. The molecular weight excluding hydrogens is 225 g/mol. The predicted octanol–water partition coefficient (Wildman–Crippen LogP) is 1.76. The minimum absolute atomic E-state index is 0.0971. The van der Waals surface area contributed by atoms with E-state index in [1.54, 1.807) is 6.92 Å². The molecule has 1 aromatic rings. The zero-order valence-corrected chi connectivity index (χ0v) is 8.76. The molecule has 0 radical (unpaired) electrons. The van der Waals surface area contributed by atoms with Crippen LogP contribution in [0.2, 0.25) is 0 Å². The average Bonchev–Trinajstić information content (AvgIpc) is 2.18. The summed E-state index contributed by atoms with van der Waals surface area (Å²) < 4.78 is 44.9. The smallest absolute Gasteiger partial charge is 0.496 e. The zero-order valence-electron chi connectivity index (χ0n) is 8.76. The van der Waals surface area contributed by atoms with Gasteiger partial charge in [0.05, 0.1) is 12.7 Å². The zero-order chi connectivity index (χ0) is 12.3.